The molecule has 2 atom stereocenters. The second-order valence-electron chi connectivity index (χ2n) is 9.68. The van der Waals surface area contributed by atoms with Gasteiger partial charge in [-0.2, -0.15) is 45.6 Å². The van der Waals surface area contributed by atoms with Crippen molar-refractivity contribution in [3.63, 3.8) is 0 Å². The van der Waals surface area contributed by atoms with Gasteiger partial charge in [0.1, 0.15) is 0 Å². The van der Waals surface area contributed by atoms with Gasteiger partial charge >= 0.3 is 32.7 Å². The molecule has 0 saturated carbocycles. The second-order valence-corrected chi connectivity index (χ2v) is 9.68. The van der Waals surface area contributed by atoms with E-state index in [1.54, 1.807) is 0 Å². The van der Waals surface area contributed by atoms with Gasteiger partial charge in [0.15, 0.2) is 0 Å². The van der Waals surface area contributed by atoms with Crippen LogP contribution in [-0.4, -0.2) is 0 Å². The molecule has 1 heteroatoms. The molecule has 160 valence electrons. The van der Waals surface area contributed by atoms with Crippen LogP contribution in [-0.2, 0) is 32.7 Å². The van der Waals surface area contributed by atoms with Gasteiger partial charge in [0.25, 0.3) is 0 Å². The molecule has 0 aliphatic heterocycles. The van der Waals surface area contributed by atoms with Gasteiger partial charge in [0.2, 0.25) is 0 Å². The van der Waals surface area contributed by atoms with Crippen molar-refractivity contribution in [3.05, 3.63) is 90.2 Å². The molecular formula is C30H38Y+. The van der Waals surface area contributed by atoms with Crippen LogP contribution >= 0.6 is 0 Å². The third kappa shape index (κ3) is 4.20. The van der Waals surface area contributed by atoms with Gasteiger partial charge in [-0.3, -0.25) is 0 Å². The van der Waals surface area contributed by atoms with Crippen molar-refractivity contribution in [2.45, 2.75) is 83.1 Å². The zero-order chi connectivity index (χ0) is 22.7. The molecule has 0 amide bonds. The molecule has 0 bridgehead atoms. The molecule has 0 radical (unpaired) electrons. The second kappa shape index (κ2) is 9.48. The Morgan fingerprint density at radius 1 is 0.387 bits per heavy atom. The molecule has 0 heterocycles. The quantitative estimate of drug-likeness (QED) is 0.300. The molecule has 4 aliphatic rings. The van der Waals surface area contributed by atoms with Gasteiger partial charge in [0, 0.05) is 0 Å². The maximum absolute atomic E-state index is 3.54. The summed E-state index contributed by atoms with van der Waals surface area (Å²) in [5.74, 6) is 1.04. The molecule has 0 aromatic carbocycles. The average Bonchev–Trinajstić information content (AvgIpc) is 3.18. The monoisotopic (exact) mass is 487 g/mol. The molecule has 2 unspecified atom stereocenters. The largest absolute Gasteiger partial charge is 3.00 e. The van der Waals surface area contributed by atoms with Crippen molar-refractivity contribution < 1.29 is 32.7 Å². The van der Waals surface area contributed by atoms with E-state index in [0.29, 0.717) is 11.8 Å². The Morgan fingerprint density at radius 2 is 0.677 bits per heavy atom. The first-order valence-electron chi connectivity index (χ1n) is 11.2. The van der Waals surface area contributed by atoms with E-state index in [1.807, 2.05) is 0 Å². The molecule has 0 N–H and O–H groups in total. The van der Waals surface area contributed by atoms with Crippen LogP contribution in [0.3, 0.4) is 0 Å². The maximum atomic E-state index is 3.54. The van der Waals surface area contributed by atoms with E-state index in [0.717, 1.165) is 0 Å². The minimum atomic E-state index is 0. The Kier molecular flexibility index (Phi) is 8.04. The zero-order valence-corrected chi connectivity index (χ0v) is 24.6. The van der Waals surface area contributed by atoms with Crippen LogP contribution in [0.25, 0.3) is 0 Å². The van der Waals surface area contributed by atoms with Crippen molar-refractivity contribution in [1.29, 1.82) is 0 Å². The Balaban J connectivity index is 0.000000213. The van der Waals surface area contributed by atoms with Crippen molar-refractivity contribution >= 4 is 0 Å². The zero-order valence-electron chi connectivity index (χ0n) is 21.7. The summed E-state index contributed by atoms with van der Waals surface area (Å²) in [5, 5.41) is 0. The van der Waals surface area contributed by atoms with Gasteiger partial charge in [0.05, 0.1) is 0 Å². The van der Waals surface area contributed by atoms with E-state index < -0.39 is 0 Å². The Labute approximate surface area is 216 Å². The van der Waals surface area contributed by atoms with Gasteiger partial charge in [-0.05, 0) is 39.5 Å². The van der Waals surface area contributed by atoms with Crippen LogP contribution in [0.1, 0.15) is 83.1 Å². The number of rotatable bonds is 0. The van der Waals surface area contributed by atoms with Crippen LogP contribution in [0.2, 0.25) is 0 Å². The molecule has 4 aliphatic carbocycles. The minimum absolute atomic E-state index is 0. The van der Waals surface area contributed by atoms with E-state index in [2.05, 4.69) is 95.2 Å². The number of fused-ring (bicyclic) bond motifs is 2. The van der Waals surface area contributed by atoms with Crippen molar-refractivity contribution in [3.8, 4) is 0 Å². The summed E-state index contributed by atoms with van der Waals surface area (Å²) in [6.45, 7) is 26.7. The SMILES string of the molecule is CC1=C(C)C2C(=[C-]1)C(C)=C(C)C(C)=C2C.CC1=C(C)C2C(=[C-]1)C(C)=C(C)C(C)=C2C.[Y+3]. The summed E-state index contributed by atoms with van der Waals surface area (Å²) in [4.78, 5) is 0. The molecule has 0 saturated heterocycles. The molecule has 4 rings (SSSR count). The van der Waals surface area contributed by atoms with E-state index in [4.69, 9.17) is 0 Å². The predicted octanol–water partition coefficient (Wildman–Crippen LogP) is 8.73. The summed E-state index contributed by atoms with van der Waals surface area (Å²) in [6.07, 6.45) is 7.08. The predicted molar refractivity (Wildman–Crippen MR) is 131 cm³/mol. The van der Waals surface area contributed by atoms with E-state index in [1.165, 1.54) is 78.0 Å². The molecule has 0 spiro atoms. The van der Waals surface area contributed by atoms with Gasteiger partial charge in [-0.15, -0.1) is 11.1 Å². The van der Waals surface area contributed by atoms with Crippen LogP contribution in [0.15, 0.2) is 78.0 Å². The van der Waals surface area contributed by atoms with Crippen molar-refractivity contribution in [2.75, 3.05) is 0 Å². The molecule has 0 aromatic heterocycles. The fourth-order valence-corrected chi connectivity index (χ4v) is 5.31. The van der Waals surface area contributed by atoms with Crippen LogP contribution < -0.4 is 0 Å². The summed E-state index contributed by atoms with van der Waals surface area (Å²) in [5.41, 5.74) is 20.1. The van der Waals surface area contributed by atoms with Gasteiger partial charge in [-0.25, -0.2) is 0 Å². The topological polar surface area (TPSA) is 0 Å². The fraction of sp³-hybridized carbons (Fsp3) is 0.467. The normalized spacial score (nSPS) is 25.4. The van der Waals surface area contributed by atoms with Crippen LogP contribution in [0, 0.1) is 24.0 Å². The van der Waals surface area contributed by atoms with Gasteiger partial charge < -0.3 is 0 Å². The standard InChI is InChI=1S/2C15H19.Y/c2*1-8-7-14-12(5)10(3)11(4)13(6)15(14)9(8)2;/h2*15H,1-6H3;/q2*-1;+3. The Morgan fingerprint density at radius 3 is 0.968 bits per heavy atom. The Hall–Kier alpha value is -0.976. The molecule has 31 heavy (non-hydrogen) atoms. The van der Waals surface area contributed by atoms with E-state index in [-0.39, 0.29) is 32.7 Å². The first kappa shape index (κ1) is 26.3. The van der Waals surface area contributed by atoms with E-state index >= 15 is 0 Å². The van der Waals surface area contributed by atoms with Crippen molar-refractivity contribution in [2.24, 2.45) is 11.8 Å². The summed E-state index contributed by atoms with van der Waals surface area (Å²) < 4.78 is 0. The first-order valence-corrected chi connectivity index (χ1v) is 11.2. The minimum Gasteiger partial charge on any atom is -0.177 e. The number of hydrogen-bond donors (Lipinski definition) is 0. The van der Waals surface area contributed by atoms with Crippen LogP contribution in [0.4, 0.5) is 0 Å². The summed E-state index contributed by atoms with van der Waals surface area (Å²) in [6, 6.07) is 0. The third-order valence-corrected chi connectivity index (χ3v) is 8.38. The molecule has 0 nitrogen and oxygen atoms in total. The maximum Gasteiger partial charge on any atom is 3.00 e. The summed E-state index contributed by atoms with van der Waals surface area (Å²) in [7, 11) is 0. The first-order chi connectivity index (χ1) is 13.9. The van der Waals surface area contributed by atoms with Crippen molar-refractivity contribution in [1.82, 2.24) is 0 Å². The molecule has 0 aromatic rings. The smallest absolute Gasteiger partial charge is 0.177 e. The average molecular weight is 488 g/mol. The number of hydrogen-bond acceptors (Lipinski definition) is 0. The Bertz CT molecular complexity index is 991. The summed E-state index contributed by atoms with van der Waals surface area (Å²) >= 11 is 0. The number of allylic oxidation sites excluding steroid dienone is 16. The van der Waals surface area contributed by atoms with Crippen LogP contribution in [0.5, 0.6) is 0 Å². The fourth-order valence-electron chi connectivity index (χ4n) is 5.31. The van der Waals surface area contributed by atoms with E-state index in [9.17, 15) is 0 Å². The third-order valence-electron chi connectivity index (χ3n) is 8.38. The molecule has 0 fully saturated rings. The van der Waals surface area contributed by atoms with Gasteiger partial charge in [-0.1, -0.05) is 88.8 Å². The molecular weight excluding hydrogens is 449 g/mol.